The van der Waals surface area contributed by atoms with Crippen molar-refractivity contribution in [2.24, 2.45) is 5.10 Å². The topological polar surface area (TPSA) is 49.7 Å². The maximum Gasteiger partial charge on any atom is 0.247 e. The van der Waals surface area contributed by atoms with E-state index in [1.807, 2.05) is 49.4 Å². The standard InChI is InChI=1S/C17H17ClN2O2S/c1-12-7-9-13(10-8-12)17-11-16(19-20(17)23(2,21)22)14-5-3-4-6-15(14)18/h3-10,17H,11H2,1-2H3/t17-/m1/s1. The minimum absolute atomic E-state index is 0.336. The van der Waals surface area contributed by atoms with E-state index in [0.29, 0.717) is 17.2 Å². The predicted molar refractivity (Wildman–Crippen MR) is 93.2 cm³/mol. The molecule has 6 heteroatoms. The summed E-state index contributed by atoms with van der Waals surface area (Å²) in [5.74, 6) is 0. The summed E-state index contributed by atoms with van der Waals surface area (Å²) in [4.78, 5) is 0. The third-order valence-electron chi connectivity index (χ3n) is 3.86. The van der Waals surface area contributed by atoms with Gasteiger partial charge in [-0.3, -0.25) is 0 Å². The van der Waals surface area contributed by atoms with E-state index in [0.717, 1.165) is 16.7 Å². The third kappa shape index (κ3) is 3.26. The summed E-state index contributed by atoms with van der Waals surface area (Å²) in [5, 5.41) is 4.92. The summed E-state index contributed by atoms with van der Waals surface area (Å²) < 4.78 is 25.5. The first-order valence-electron chi connectivity index (χ1n) is 7.24. The maximum absolute atomic E-state index is 12.1. The normalized spacial score (nSPS) is 18.1. The van der Waals surface area contributed by atoms with Crippen molar-refractivity contribution in [2.75, 3.05) is 6.26 Å². The van der Waals surface area contributed by atoms with Gasteiger partial charge in [-0.15, -0.1) is 0 Å². The number of hydrogen-bond acceptors (Lipinski definition) is 3. The average molecular weight is 349 g/mol. The van der Waals surface area contributed by atoms with Crippen LogP contribution in [0.1, 0.15) is 29.2 Å². The van der Waals surface area contributed by atoms with Crippen molar-refractivity contribution in [1.82, 2.24) is 4.41 Å². The Bertz CT molecular complexity index is 860. The summed E-state index contributed by atoms with van der Waals surface area (Å²) in [7, 11) is -3.46. The zero-order valence-corrected chi connectivity index (χ0v) is 14.5. The van der Waals surface area contributed by atoms with Gasteiger partial charge in [0.1, 0.15) is 0 Å². The van der Waals surface area contributed by atoms with E-state index >= 15 is 0 Å². The molecule has 1 heterocycles. The molecule has 1 aliphatic heterocycles. The van der Waals surface area contributed by atoms with E-state index in [9.17, 15) is 8.42 Å². The lowest BCUT2D eigenvalue weighted by Crippen LogP contribution is -2.25. The fraction of sp³-hybridized carbons (Fsp3) is 0.235. The minimum atomic E-state index is -3.46. The fourth-order valence-electron chi connectivity index (χ4n) is 2.69. The molecule has 0 amide bonds. The van der Waals surface area contributed by atoms with Crippen molar-refractivity contribution in [3.05, 3.63) is 70.2 Å². The molecule has 0 saturated carbocycles. The van der Waals surface area contributed by atoms with Gasteiger partial charge in [0, 0.05) is 17.0 Å². The Balaban J connectivity index is 2.03. The maximum atomic E-state index is 12.1. The number of hydrogen-bond donors (Lipinski definition) is 0. The van der Waals surface area contributed by atoms with Crippen molar-refractivity contribution in [2.45, 2.75) is 19.4 Å². The van der Waals surface area contributed by atoms with Gasteiger partial charge in [-0.2, -0.15) is 9.52 Å². The highest BCUT2D eigenvalue weighted by molar-refractivity contribution is 7.88. The Hall–Kier alpha value is -1.85. The average Bonchev–Trinajstić information content (AvgIpc) is 2.93. The lowest BCUT2D eigenvalue weighted by atomic mass is 9.98. The van der Waals surface area contributed by atoms with Crippen LogP contribution in [0, 0.1) is 6.92 Å². The molecule has 0 fully saturated rings. The first-order valence-corrected chi connectivity index (χ1v) is 9.47. The number of sulfonamides is 1. The van der Waals surface area contributed by atoms with Crippen LogP contribution < -0.4 is 0 Å². The Morgan fingerprint density at radius 1 is 1.13 bits per heavy atom. The van der Waals surface area contributed by atoms with E-state index < -0.39 is 10.0 Å². The lowest BCUT2D eigenvalue weighted by Gasteiger charge is -2.21. The van der Waals surface area contributed by atoms with Crippen LogP contribution in [-0.4, -0.2) is 24.8 Å². The largest absolute Gasteiger partial charge is 0.247 e. The molecule has 120 valence electrons. The fourth-order valence-corrected chi connectivity index (χ4v) is 3.84. The van der Waals surface area contributed by atoms with E-state index in [4.69, 9.17) is 11.6 Å². The molecule has 0 saturated heterocycles. The molecule has 1 atom stereocenters. The Labute approximate surface area is 141 Å². The molecule has 2 aromatic carbocycles. The Morgan fingerprint density at radius 2 is 1.78 bits per heavy atom. The Kier molecular flexibility index (Phi) is 4.17. The third-order valence-corrected chi connectivity index (χ3v) is 5.20. The van der Waals surface area contributed by atoms with Crippen molar-refractivity contribution in [3.63, 3.8) is 0 Å². The molecule has 1 aliphatic rings. The highest BCUT2D eigenvalue weighted by Crippen LogP contribution is 2.35. The van der Waals surface area contributed by atoms with Gasteiger partial charge in [0.05, 0.1) is 18.0 Å². The molecule has 23 heavy (non-hydrogen) atoms. The van der Waals surface area contributed by atoms with Gasteiger partial charge in [0.2, 0.25) is 10.0 Å². The quantitative estimate of drug-likeness (QED) is 0.848. The van der Waals surface area contributed by atoms with Gasteiger partial charge in [-0.05, 0) is 18.6 Å². The molecule has 0 N–H and O–H groups in total. The van der Waals surface area contributed by atoms with Crippen molar-refractivity contribution < 1.29 is 8.42 Å². The highest BCUT2D eigenvalue weighted by atomic mass is 35.5. The predicted octanol–water partition coefficient (Wildman–Crippen LogP) is 3.76. The molecule has 0 aliphatic carbocycles. The van der Waals surface area contributed by atoms with Crippen LogP contribution in [0.4, 0.5) is 0 Å². The molecule has 2 aromatic rings. The van der Waals surface area contributed by atoms with Crippen LogP contribution in [-0.2, 0) is 10.0 Å². The van der Waals surface area contributed by atoms with Crippen LogP contribution in [0.15, 0.2) is 53.6 Å². The van der Waals surface area contributed by atoms with Crippen molar-refractivity contribution in [3.8, 4) is 0 Å². The number of hydrazone groups is 1. The van der Waals surface area contributed by atoms with Crippen LogP contribution in [0.25, 0.3) is 0 Å². The minimum Gasteiger partial charge on any atom is -0.205 e. The van der Waals surface area contributed by atoms with Gasteiger partial charge in [0.25, 0.3) is 0 Å². The molecule has 4 nitrogen and oxygen atoms in total. The molecule has 0 unspecified atom stereocenters. The zero-order chi connectivity index (χ0) is 16.6. The van der Waals surface area contributed by atoms with Gasteiger partial charge in [-0.1, -0.05) is 59.6 Å². The van der Waals surface area contributed by atoms with E-state index in [-0.39, 0.29) is 6.04 Å². The molecule has 0 spiro atoms. The van der Waals surface area contributed by atoms with E-state index in [2.05, 4.69) is 5.10 Å². The summed E-state index contributed by atoms with van der Waals surface area (Å²) in [6, 6.07) is 14.9. The monoisotopic (exact) mass is 348 g/mol. The van der Waals surface area contributed by atoms with Gasteiger partial charge < -0.3 is 0 Å². The molecular weight excluding hydrogens is 332 g/mol. The summed E-state index contributed by atoms with van der Waals surface area (Å²) in [5.41, 5.74) is 3.51. The van der Waals surface area contributed by atoms with Crippen LogP contribution in [0.3, 0.4) is 0 Å². The van der Waals surface area contributed by atoms with Crippen LogP contribution in [0.2, 0.25) is 5.02 Å². The molecule has 3 rings (SSSR count). The number of benzene rings is 2. The molecular formula is C17H17ClN2O2S. The number of rotatable bonds is 3. The first-order chi connectivity index (χ1) is 10.9. The van der Waals surface area contributed by atoms with Crippen molar-refractivity contribution >= 4 is 27.3 Å². The van der Waals surface area contributed by atoms with Gasteiger partial charge in [-0.25, -0.2) is 8.42 Å². The SMILES string of the molecule is Cc1ccc([C@H]2CC(c3ccccc3Cl)=NN2S(C)(=O)=O)cc1. The number of nitrogens with zero attached hydrogens (tertiary/aromatic N) is 2. The molecule has 0 bridgehead atoms. The smallest absolute Gasteiger partial charge is 0.205 e. The van der Waals surface area contributed by atoms with Gasteiger partial charge >= 0.3 is 0 Å². The summed E-state index contributed by atoms with van der Waals surface area (Å²) >= 11 is 6.23. The highest BCUT2D eigenvalue weighted by Gasteiger charge is 2.34. The zero-order valence-electron chi connectivity index (χ0n) is 12.9. The Morgan fingerprint density at radius 3 is 2.39 bits per heavy atom. The van der Waals surface area contributed by atoms with E-state index in [1.165, 1.54) is 10.7 Å². The number of aryl methyl sites for hydroxylation is 1. The molecule has 0 radical (unpaired) electrons. The van der Waals surface area contributed by atoms with E-state index in [1.54, 1.807) is 6.07 Å². The van der Waals surface area contributed by atoms with Crippen LogP contribution >= 0.6 is 11.6 Å². The second kappa shape index (κ2) is 5.98. The van der Waals surface area contributed by atoms with Gasteiger partial charge in [0.15, 0.2) is 0 Å². The molecule has 0 aromatic heterocycles. The van der Waals surface area contributed by atoms with Crippen molar-refractivity contribution in [1.29, 1.82) is 0 Å². The second-order valence-corrected chi connectivity index (χ2v) is 7.94. The summed E-state index contributed by atoms with van der Waals surface area (Å²) in [6.07, 6.45) is 1.67. The first kappa shape index (κ1) is 16.0. The lowest BCUT2D eigenvalue weighted by molar-refractivity contribution is 0.375. The summed E-state index contributed by atoms with van der Waals surface area (Å²) in [6.45, 7) is 2.00. The number of halogens is 1. The van der Waals surface area contributed by atoms with Crippen LogP contribution in [0.5, 0.6) is 0 Å². The second-order valence-electron chi connectivity index (χ2n) is 5.69.